The van der Waals surface area contributed by atoms with Gasteiger partial charge in [-0.25, -0.2) is 8.78 Å². The Morgan fingerprint density at radius 2 is 1.77 bits per heavy atom. The first-order valence-corrected chi connectivity index (χ1v) is 4.12. The lowest BCUT2D eigenvalue weighted by molar-refractivity contribution is 0.272. The van der Waals surface area contributed by atoms with E-state index in [4.69, 9.17) is 5.11 Å². The molecular weight excluding hydrogens is 174 g/mol. The summed E-state index contributed by atoms with van der Waals surface area (Å²) in [5.41, 5.74) is 0.511. The Kier molecular flexibility index (Phi) is 2.98. The highest BCUT2D eigenvalue weighted by Crippen LogP contribution is 2.20. The maximum atomic E-state index is 13.0. The molecule has 1 rings (SSSR count). The second kappa shape index (κ2) is 3.83. The van der Waals surface area contributed by atoms with Crippen LogP contribution in [0.25, 0.3) is 0 Å². The maximum absolute atomic E-state index is 13.0. The lowest BCUT2D eigenvalue weighted by Crippen LogP contribution is -2.01. The molecule has 0 saturated heterocycles. The van der Waals surface area contributed by atoms with Crippen LogP contribution in [0, 0.1) is 18.6 Å². The molecule has 1 N–H and O–H groups in total. The van der Waals surface area contributed by atoms with Crippen LogP contribution in [0.1, 0.15) is 24.0 Å². The largest absolute Gasteiger partial charge is 0.396 e. The Bertz CT molecular complexity index is 287. The zero-order chi connectivity index (χ0) is 10.0. The van der Waals surface area contributed by atoms with Crippen molar-refractivity contribution in [2.24, 2.45) is 0 Å². The Balaban J connectivity index is 3.13. The molecule has 0 aliphatic heterocycles. The van der Waals surface area contributed by atoms with Crippen LogP contribution in [0.3, 0.4) is 0 Å². The monoisotopic (exact) mass is 186 g/mol. The zero-order valence-electron chi connectivity index (χ0n) is 7.64. The molecule has 0 saturated carbocycles. The third-order valence-electron chi connectivity index (χ3n) is 2.15. The van der Waals surface area contributed by atoms with E-state index in [-0.39, 0.29) is 18.1 Å². The summed E-state index contributed by atoms with van der Waals surface area (Å²) in [7, 11) is 0. The van der Waals surface area contributed by atoms with Crippen molar-refractivity contribution >= 4 is 0 Å². The minimum Gasteiger partial charge on any atom is -0.396 e. The Labute approximate surface area is 76.0 Å². The van der Waals surface area contributed by atoms with Crippen LogP contribution < -0.4 is 0 Å². The first-order valence-electron chi connectivity index (χ1n) is 4.12. The molecule has 1 nitrogen and oxygen atoms in total. The normalized spacial score (nSPS) is 13.0. The van der Waals surface area contributed by atoms with E-state index in [0.717, 1.165) is 0 Å². The topological polar surface area (TPSA) is 20.2 Å². The molecule has 1 aromatic rings. The number of rotatable bonds is 2. The van der Waals surface area contributed by atoms with Gasteiger partial charge in [0, 0.05) is 18.1 Å². The van der Waals surface area contributed by atoms with Crippen LogP contribution in [0.2, 0.25) is 0 Å². The fourth-order valence-corrected chi connectivity index (χ4v) is 1.05. The van der Waals surface area contributed by atoms with Gasteiger partial charge in [-0.05, 0) is 24.6 Å². The summed E-state index contributed by atoms with van der Waals surface area (Å²) < 4.78 is 26.0. The van der Waals surface area contributed by atoms with Crippen LogP contribution in [0.5, 0.6) is 0 Å². The molecule has 1 unspecified atom stereocenters. The molecule has 1 aromatic carbocycles. The Morgan fingerprint density at radius 3 is 2.15 bits per heavy atom. The fraction of sp³-hybridized carbons (Fsp3) is 0.400. The van der Waals surface area contributed by atoms with Gasteiger partial charge in [0.25, 0.3) is 0 Å². The van der Waals surface area contributed by atoms with E-state index in [0.29, 0.717) is 5.56 Å². The SMILES string of the molecule is Cc1c(F)cc(C(C)CO)cc1F. The van der Waals surface area contributed by atoms with Gasteiger partial charge in [-0.15, -0.1) is 0 Å². The van der Waals surface area contributed by atoms with Crippen LogP contribution >= 0.6 is 0 Å². The number of hydrogen-bond acceptors (Lipinski definition) is 1. The number of hydrogen-bond donors (Lipinski definition) is 1. The summed E-state index contributed by atoms with van der Waals surface area (Å²) in [6.07, 6.45) is 0. The van der Waals surface area contributed by atoms with Gasteiger partial charge >= 0.3 is 0 Å². The van der Waals surface area contributed by atoms with Crippen LogP contribution in [-0.2, 0) is 0 Å². The fourth-order valence-electron chi connectivity index (χ4n) is 1.05. The predicted molar refractivity (Wildman–Crippen MR) is 46.6 cm³/mol. The lowest BCUT2D eigenvalue weighted by atomic mass is 10.0. The second-order valence-electron chi connectivity index (χ2n) is 3.19. The summed E-state index contributed by atoms with van der Waals surface area (Å²) in [5, 5.41) is 8.79. The van der Waals surface area contributed by atoms with Crippen molar-refractivity contribution in [3.63, 3.8) is 0 Å². The molecule has 1 atom stereocenters. The molecule has 0 heterocycles. The highest BCUT2D eigenvalue weighted by atomic mass is 19.1. The molecule has 3 heteroatoms. The average molecular weight is 186 g/mol. The predicted octanol–water partition coefficient (Wildman–Crippen LogP) is 2.37. The molecule has 0 radical (unpaired) electrons. The van der Waals surface area contributed by atoms with Crippen molar-refractivity contribution in [1.29, 1.82) is 0 Å². The summed E-state index contributed by atoms with van der Waals surface area (Å²) in [4.78, 5) is 0. The minimum absolute atomic E-state index is 0.0221. The standard InChI is InChI=1S/C10H12F2O/c1-6(5-13)8-3-9(11)7(2)10(12)4-8/h3-4,6,13H,5H2,1-2H3. The highest BCUT2D eigenvalue weighted by molar-refractivity contribution is 5.27. The molecule has 0 fully saturated rings. The molecule has 0 aliphatic carbocycles. The number of aliphatic hydroxyl groups excluding tert-OH is 1. The average Bonchev–Trinajstić information content (AvgIpc) is 2.12. The number of benzene rings is 1. The first kappa shape index (κ1) is 10.1. The summed E-state index contributed by atoms with van der Waals surface area (Å²) in [6.45, 7) is 2.99. The van der Waals surface area contributed by atoms with Gasteiger partial charge in [0.05, 0.1) is 0 Å². The van der Waals surface area contributed by atoms with Gasteiger partial charge < -0.3 is 5.11 Å². The van der Waals surface area contributed by atoms with E-state index in [1.807, 2.05) is 0 Å². The van der Waals surface area contributed by atoms with Crippen molar-refractivity contribution in [3.8, 4) is 0 Å². The minimum atomic E-state index is -0.560. The van der Waals surface area contributed by atoms with Crippen molar-refractivity contribution in [3.05, 3.63) is 34.9 Å². The first-order chi connectivity index (χ1) is 6.06. The van der Waals surface area contributed by atoms with E-state index in [2.05, 4.69) is 0 Å². The molecule has 0 amide bonds. The van der Waals surface area contributed by atoms with Gasteiger partial charge in [-0.3, -0.25) is 0 Å². The van der Waals surface area contributed by atoms with Gasteiger partial charge in [-0.2, -0.15) is 0 Å². The van der Waals surface area contributed by atoms with E-state index >= 15 is 0 Å². The summed E-state index contributed by atoms with van der Waals surface area (Å²) in [6, 6.07) is 2.53. The number of halogens is 2. The van der Waals surface area contributed by atoms with Crippen LogP contribution in [0.4, 0.5) is 8.78 Å². The summed E-state index contributed by atoms with van der Waals surface area (Å²) >= 11 is 0. The van der Waals surface area contributed by atoms with Gasteiger partial charge in [-0.1, -0.05) is 6.92 Å². The third kappa shape index (κ3) is 2.04. The molecular formula is C10H12F2O. The van der Waals surface area contributed by atoms with Crippen molar-refractivity contribution < 1.29 is 13.9 Å². The number of aliphatic hydroxyl groups is 1. The molecule has 72 valence electrons. The smallest absolute Gasteiger partial charge is 0.129 e. The van der Waals surface area contributed by atoms with Gasteiger partial charge in [0.15, 0.2) is 0 Å². The second-order valence-corrected chi connectivity index (χ2v) is 3.19. The van der Waals surface area contributed by atoms with E-state index in [1.165, 1.54) is 19.1 Å². The third-order valence-corrected chi connectivity index (χ3v) is 2.15. The quantitative estimate of drug-likeness (QED) is 0.751. The molecule has 0 spiro atoms. The molecule has 0 bridgehead atoms. The molecule has 0 aromatic heterocycles. The Morgan fingerprint density at radius 1 is 1.31 bits per heavy atom. The highest BCUT2D eigenvalue weighted by Gasteiger charge is 2.10. The van der Waals surface area contributed by atoms with Gasteiger partial charge in [0.1, 0.15) is 11.6 Å². The van der Waals surface area contributed by atoms with Crippen molar-refractivity contribution in [1.82, 2.24) is 0 Å². The van der Waals surface area contributed by atoms with Crippen LogP contribution in [-0.4, -0.2) is 11.7 Å². The lowest BCUT2D eigenvalue weighted by Gasteiger charge is -2.09. The van der Waals surface area contributed by atoms with E-state index < -0.39 is 11.6 Å². The van der Waals surface area contributed by atoms with E-state index in [9.17, 15) is 8.78 Å². The van der Waals surface area contributed by atoms with Crippen molar-refractivity contribution in [2.75, 3.05) is 6.61 Å². The van der Waals surface area contributed by atoms with Gasteiger partial charge in [0.2, 0.25) is 0 Å². The summed E-state index contributed by atoms with van der Waals surface area (Å²) in [5.74, 6) is -1.35. The van der Waals surface area contributed by atoms with E-state index in [1.54, 1.807) is 6.92 Å². The maximum Gasteiger partial charge on any atom is 0.129 e. The molecule has 0 aliphatic rings. The van der Waals surface area contributed by atoms with Crippen LogP contribution in [0.15, 0.2) is 12.1 Å². The Hall–Kier alpha value is -0.960. The van der Waals surface area contributed by atoms with Crippen molar-refractivity contribution in [2.45, 2.75) is 19.8 Å². The molecule has 13 heavy (non-hydrogen) atoms. The zero-order valence-corrected chi connectivity index (χ0v) is 7.64.